The lowest BCUT2D eigenvalue weighted by atomic mass is 9.93. The topological polar surface area (TPSA) is 89.0 Å². The van der Waals surface area contributed by atoms with Gasteiger partial charge in [-0.3, -0.25) is 19.5 Å². The molecule has 1 N–H and O–H groups in total. The van der Waals surface area contributed by atoms with Crippen LogP contribution in [0.3, 0.4) is 0 Å². The molecule has 0 spiro atoms. The first-order valence-electron chi connectivity index (χ1n) is 10.9. The van der Waals surface area contributed by atoms with Crippen molar-refractivity contribution in [3.63, 3.8) is 0 Å². The van der Waals surface area contributed by atoms with Gasteiger partial charge in [0.05, 0.1) is 25.8 Å². The molecule has 1 aliphatic heterocycles. The van der Waals surface area contributed by atoms with Gasteiger partial charge in [0.25, 0.3) is 11.7 Å². The van der Waals surface area contributed by atoms with Gasteiger partial charge in [-0.05, 0) is 59.5 Å². The lowest BCUT2D eigenvalue weighted by molar-refractivity contribution is -0.132. The zero-order chi connectivity index (χ0) is 24.4. The van der Waals surface area contributed by atoms with Gasteiger partial charge in [0.1, 0.15) is 17.3 Å². The summed E-state index contributed by atoms with van der Waals surface area (Å²) in [4.78, 5) is 32.0. The predicted molar refractivity (Wildman–Crippen MR) is 129 cm³/mol. The van der Waals surface area contributed by atoms with Crippen molar-refractivity contribution in [1.29, 1.82) is 0 Å². The van der Waals surface area contributed by atoms with Crippen LogP contribution >= 0.6 is 0 Å². The Morgan fingerprint density at radius 1 is 1.00 bits per heavy atom. The number of aromatic nitrogens is 1. The van der Waals surface area contributed by atoms with E-state index in [1.54, 1.807) is 74.1 Å². The number of hydrogen-bond donors (Lipinski definition) is 1. The molecule has 7 nitrogen and oxygen atoms in total. The maximum absolute atomic E-state index is 13.3. The van der Waals surface area contributed by atoms with Gasteiger partial charge in [0.15, 0.2) is 0 Å². The van der Waals surface area contributed by atoms with Gasteiger partial charge < -0.3 is 14.6 Å². The molecule has 0 bridgehead atoms. The van der Waals surface area contributed by atoms with Crippen molar-refractivity contribution in [3.8, 4) is 11.5 Å². The third kappa shape index (κ3) is 4.01. The minimum absolute atomic E-state index is 0.0129. The lowest BCUT2D eigenvalue weighted by Crippen LogP contribution is -2.29. The number of ketones is 1. The molecule has 2 aromatic carbocycles. The minimum Gasteiger partial charge on any atom is -0.507 e. The number of Topliss-reactive ketones (excluding diaryl/α,β-unsaturated/α-hetero) is 1. The normalized spacial score (nSPS) is 17.3. The van der Waals surface area contributed by atoms with Gasteiger partial charge in [0.2, 0.25) is 0 Å². The van der Waals surface area contributed by atoms with Crippen molar-refractivity contribution in [1.82, 2.24) is 4.98 Å². The average molecular weight is 459 g/mol. The molecular weight excluding hydrogens is 432 g/mol. The van der Waals surface area contributed by atoms with Gasteiger partial charge in [-0.15, -0.1) is 0 Å². The van der Waals surface area contributed by atoms with Crippen molar-refractivity contribution >= 4 is 23.1 Å². The number of rotatable bonds is 6. The SMILES string of the molecule is COc1cccc(N2C(=O)C(=O)/C(=C(\O)c3ccc(OC)c(C(C)C)c3)C2c2ccncc2)c1. The Bertz CT molecular complexity index is 1270. The molecule has 1 atom stereocenters. The number of benzene rings is 2. The molecule has 174 valence electrons. The van der Waals surface area contributed by atoms with Crippen molar-refractivity contribution < 1.29 is 24.2 Å². The highest BCUT2D eigenvalue weighted by molar-refractivity contribution is 6.51. The van der Waals surface area contributed by atoms with Crippen molar-refractivity contribution in [2.75, 3.05) is 19.1 Å². The number of anilines is 1. The molecule has 1 fully saturated rings. The molecule has 2 heterocycles. The fourth-order valence-corrected chi connectivity index (χ4v) is 4.21. The van der Waals surface area contributed by atoms with Crippen molar-refractivity contribution in [3.05, 3.63) is 89.3 Å². The number of aliphatic hydroxyl groups excluding tert-OH is 1. The molecule has 1 saturated heterocycles. The molecule has 0 saturated carbocycles. The van der Waals surface area contributed by atoms with E-state index in [0.29, 0.717) is 28.3 Å². The first-order valence-corrected chi connectivity index (χ1v) is 10.9. The first-order chi connectivity index (χ1) is 16.4. The molecule has 3 aromatic rings. The van der Waals surface area contributed by atoms with Crippen LogP contribution in [-0.4, -0.2) is 36.0 Å². The summed E-state index contributed by atoms with van der Waals surface area (Å²) >= 11 is 0. The van der Waals surface area contributed by atoms with E-state index >= 15 is 0 Å². The predicted octanol–water partition coefficient (Wildman–Crippen LogP) is 4.85. The Hall–Kier alpha value is -4.13. The zero-order valence-corrected chi connectivity index (χ0v) is 19.5. The number of amides is 1. The van der Waals surface area contributed by atoms with Crippen LogP contribution < -0.4 is 14.4 Å². The van der Waals surface area contributed by atoms with Gasteiger partial charge in [0, 0.05) is 29.7 Å². The molecular formula is C27H26N2O5. The van der Waals surface area contributed by atoms with Crippen LogP contribution in [0.5, 0.6) is 11.5 Å². The van der Waals surface area contributed by atoms with Crippen molar-refractivity contribution in [2.24, 2.45) is 0 Å². The maximum Gasteiger partial charge on any atom is 0.300 e. The molecule has 7 heteroatoms. The third-order valence-corrected chi connectivity index (χ3v) is 5.92. The highest BCUT2D eigenvalue weighted by Gasteiger charge is 2.47. The van der Waals surface area contributed by atoms with Gasteiger partial charge >= 0.3 is 0 Å². The third-order valence-electron chi connectivity index (χ3n) is 5.92. The zero-order valence-electron chi connectivity index (χ0n) is 19.5. The van der Waals surface area contributed by atoms with E-state index in [9.17, 15) is 14.7 Å². The van der Waals surface area contributed by atoms with Gasteiger partial charge in [-0.2, -0.15) is 0 Å². The fourth-order valence-electron chi connectivity index (χ4n) is 4.21. The second-order valence-electron chi connectivity index (χ2n) is 8.26. The average Bonchev–Trinajstić information content (AvgIpc) is 3.13. The summed E-state index contributed by atoms with van der Waals surface area (Å²) in [6.45, 7) is 4.03. The number of carbonyl (C=O) groups excluding carboxylic acids is 2. The highest BCUT2D eigenvalue weighted by Crippen LogP contribution is 2.43. The summed E-state index contributed by atoms with van der Waals surface area (Å²) in [5.74, 6) is -0.370. The standard InChI is InChI=1S/C27H26N2O5/c1-16(2)21-14-18(8-9-22(21)34-4)25(30)23-24(17-10-12-28-13-11-17)29(27(32)26(23)31)19-6-5-7-20(15-19)33-3/h5-16,24,30H,1-4H3/b25-23-. The Kier molecular flexibility index (Phi) is 6.36. The molecule has 4 rings (SSSR count). The Morgan fingerprint density at radius 2 is 1.74 bits per heavy atom. The lowest BCUT2D eigenvalue weighted by Gasteiger charge is -2.25. The van der Waals surface area contributed by atoms with E-state index in [-0.39, 0.29) is 17.3 Å². The van der Waals surface area contributed by atoms with E-state index in [0.717, 1.165) is 5.56 Å². The molecule has 0 aliphatic carbocycles. The van der Waals surface area contributed by atoms with Crippen LogP contribution in [0.2, 0.25) is 0 Å². The van der Waals surface area contributed by atoms with Crippen molar-refractivity contribution in [2.45, 2.75) is 25.8 Å². The second-order valence-corrected chi connectivity index (χ2v) is 8.26. The number of aliphatic hydroxyl groups is 1. The number of pyridine rings is 1. The Balaban J connectivity index is 1.93. The number of nitrogens with zero attached hydrogens (tertiary/aromatic N) is 2. The molecule has 1 unspecified atom stereocenters. The van der Waals surface area contributed by atoms with Crippen LogP contribution in [0.4, 0.5) is 5.69 Å². The van der Waals surface area contributed by atoms with Crippen LogP contribution in [-0.2, 0) is 9.59 Å². The summed E-state index contributed by atoms with van der Waals surface area (Å²) in [5.41, 5.74) is 2.47. The van der Waals surface area contributed by atoms with Gasteiger partial charge in [-0.1, -0.05) is 19.9 Å². The number of hydrogen-bond acceptors (Lipinski definition) is 6. The fraction of sp³-hybridized carbons (Fsp3) is 0.222. The van der Waals surface area contributed by atoms with E-state index < -0.39 is 17.7 Å². The van der Waals surface area contributed by atoms with Crippen LogP contribution in [0, 0.1) is 0 Å². The van der Waals surface area contributed by atoms with E-state index in [4.69, 9.17) is 9.47 Å². The Labute approximate surface area is 198 Å². The van der Waals surface area contributed by atoms with Gasteiger partial charge in [-0.25, -0.2) is 0 Å². The molecule has 0 radical (unpaired) electrons. The molecule has 1 amide bonds. The summed E-state index contributed by atoms with van der Waals surface area (Å²) in [7, 11) is 3.12. The second kappa shape index (κ2) is 9.39. The molecule has 1 aliphatic rings. The molecule has 1 aromatic heterocycles. The van der Waals surface area contributed by atoms with E-state index in [1.807, 2.05) is 13.8 Å². The molecule has 34 heavy (non-hydrogen) atoms. The maximum atomic E-state index is 13.3. The Morgan fingerprint density at radius 3 is 2.38 bits per heavy atom. The minimum atomic E-state index is -0.834. The quantitative estimate of drug-likeness (QED) is 0.323. The van der Waals surface area contributed by atoms with Crippen LogP contribution in [0.25, 0.3) is 5.76 Å². The largest absolute Gasteiger partial charge is 0.507 e. The summed E-state index contributed by atoms with van der Waals surface area (Å²) in [6.07, 6.45) is 3.18. The summed E-state index contributed by atoms with van der Waals surface area (Å²) in [6, 6.07) is 14.8. The number of carbonyl (C=O) groups is 2. The number of methoxy groups -OCH3 is 2. The van der Waals surface area contributed by atoms with Crippen LogP contribution in [0.1, 0.15) is 42.5 Å². The van der Waals surface area contributed by atoms with E-state index in [2.05, 4.69) is 4.98 Å². The smallest absolute Gasteiger partial charge is 0.300 e. The van der Waals surface area contributed by atoms with Crippen LogP contribution in [0.15, 0.2) is 72.6 Å². The highest BCUT2D eigenvalue weighted by atomic mass is 16.5. The number of ether oxygens (including phenoxy) is 2. The summed E-state index contributed by atoms with van der Waals surface area (Å²) in [5, 5.41) is 11.4. The van der Waals surface area contributed by atoms with E-state index in [1.165, 1.54) is 12.0 Å². The monoisotopic (exact) mass is 458 g/mol. The summed E-state index contributed by atoms with van der Waals surface area (Å²) < 4.78 is 10.8. The first kappa shape index (κ1) is 23.0.